The van der Waals surface area contributed by atoms with Gasteiger partial charge in [-0.05, 0) is 31.9 Å². The third-order valence-corrected chi connectivity index (χ3v) is 2.78. The molecule has 1 aromatic carbocycles. The number of benzene rings is 1. The Morgan fingerprint density at radius 3 is 2.83 bits per heavy atom. The van der Waals surface area contributed by atoms with Gasteiger partial charge in [-0.15, -0.1) is 0 Å². The summed E-state index contributed by atoms with van der Waals surface area (Å²) in [6.07, 6.45) is 0.877. The Morgan fingerprint density at radius 1 is 1.50 bits per heavy atom. The van der Waals surface area contributed by atoms with E-state index < -0.39 is 4.92 Å². The van der Waals surface area contributed by atoms with Gasteiger partial charge >= 0.3 is 0 Å². The lowest BCUT2D eigenvalue weighted by Gasteiger charge is -2.10. The average molecular weight is 273 g/mol. The van der Waals surface area contributed by atoms with E-state index in [1.165, 1.54) is 6.07 Å². The Labute approximate surface area is 111 Å². The number of halogens is 1. The molecule has 0 heterocycles. The third-order valence-electron chi connectivity index (χ3n) is 2.48. The van der Waals surface area contributed by atoms with Crippen molar-refractivity contribution in [1.82, 2.24) is 0 Å². The Bertz CT molecular complexity index is 424. The normalized spacial score (nSPS) is 10.4. The molecule has 0 aliphatic rings. The maximum Gasteiger partial charge on any atom is 0.288 e. The van der Waals surface area contributed by atoms with Gasteiger partial charge in [0.25, 0.3) is 5.69 Å². The van der Waals surface area contributed by atoms with Crippen LogP contribution in [-0.4, -0.2) is 24.7 Å². The summed E-state index contributed by atoms with van der Waals surface area (Å²) in [6.45, 7) is 5.92. The molecule has 1 N–H and O–H groups in total. The quantitative estimate of drug-likeness (QED) is 0.469. The first kappa shape index (κ1) is 14.7. The summed E-state index contributed by atoms with van der Waals surface area (Å²) in [4.78, 5) is 10.2. The van der Waals surface area contributed by atoms with E-state index in [4.69, 9.17) is 16.3 Å². The molecule has 6 heteroatoms. The van der Waals surface area contributed by atoms with Crippen molar-refractivity contribution in [2.45, 2.75) is 20.3 Å². The zero-order chi connectivity index (χ0) is 13.5. The number of ether oxygens (including phenoxy) is 1. The largest absolute Gasteiger partial charge is 0.385 e. The van der Waals surface area contributed by atoms with Gasteiger partial charge in [-0.2, -0.15) is 0 Å². The minimum Gasteiger partial charge on any atom is -0.385 e. The standard InChI is InChI=1S/C12H17ClN2O3/c1-3-18-6-4-5-14-11-8-10(13)12(15(16)17)7-9(11)2/h7-8,14H,3-6H2,1-2H3. The summed E-state index contributed by atoms with van der Waals surface area (Å²) < 4.78 is 5.22. The van der Waals surface area contributed by atoms with Gasteiger partial charge in [0.15, 0.2) is 0 Å². The zero-order valence-corrected chi connectivity index (χ0v) is 11.3. The van der Waals surface area contributed by atoms with E-state index in [2.05, 4.69) is 5.32 Å². The van der Waals surface area contributed by atoms with Gasteiger partial charge in [-0.3, -0.25) is 10.1 Å². The van der Waals surface area contributed by atoms with Crippen LogP contribution < -0.4 is 5.32 Å². The van der Waals surface area contributed by atoms with Crippen LogP contribution in [0.3, 0.4) is 0 Å². The minimum atomic E-state index is -0.478. The number of hydrogen-bond acceptors (Lipinski definition) is 4. The predicted molar refractivity (Wildman–Crippen MR) is 72.4 cm³/mol. The molecule has 0 aromatic heterocycles. The zero-order valence-electron chi connectivity index (χ0n) is 10.5. The van der Waals surface area contributed by atoms with Gasteiger partial charge in [0.1, 0.15) is 5.02 Å². The van der Waals surface area contributed by atoms with E-state index in [1.54, 1.807) is 6.07 Å². The van der Waals surface area contributed by atoms with Gasteiger partial charge in [0, 0.05) is 31.5 Å². The molecule has 1 aromatic rings. The molecule has 0 amide bonds. The molecule has 0 atom stereocenters. The molecule has 0 fully saturated rings. The summed E-state index contributed by atoms with van der Waals surface area (Å²) in [7, 11) is 0. The lowest BCUT2D eigenvalue weighted by Crippen LogP contribution is -2.07. The second-order valence-electron chi connectivity index (χ2n) is 3.85. The lowest BCUT2D eigenvalue weighted by molar-refractivity contribution is -0.384. The molecule has 0 aliphatic carbocycles. The van der Waals surface area contributed by atoms with E-state index in [1.807, 2.05) is 13.8 Å². The molecule has 5 nitrogen and oxygen atoms in total. The Morgan fingerprint density at radius 2 is 2.22 bits per heavy atom. The Kier molecular flexibility index (Phi) is 5.88. The molecule has 0 radical (unpaired) electrons. The van der Waals surface area contributed by atoms with Gasteiger partial charge in [-0.1, -0.05) is 11.6 Å². The molecule has 0 aliphatic heterocycles. The van der Waals surface area contributed by atoms with Crippen molar-refractivity contribution < 1.29 is 9.66 Å². The van der Waals surface area contributed by atoms with Crippen molar-refractivity contribution >= 4 is 23.0 Å². The fourth-order valence-electron chi connectivity index (χ4n) is 1.54. The SMILES string of the molecule is CCOCCCNc1cc(Cl)c([N+](=O)[O-])cc1C. The van der Waals surface area contributed by atoms with Crippen molar-refractivity contribution in [2.24, 2.45) is 0 Å². The van der Waals surface area contributed by atoms with E-state index in [0.29, 0.717) is 13.2 Å². The average Bonchev–Trinajstić information content (AvgIpc) is 2.32. The first-order chi connectivity index (χ1) is 8.56. The minimum absolute atomic E-state index is 0.0611. The summed E-state index contributed by atoms with van der Waals surface area (Å²) in [5, 5.41) is 14.0. The topological polar surface area (TPSA) is 64.4 Å². The van der Waals surface area contributed by atoms with Crippen molar-refractivity contribution in [2.75, 3.05) is 25.1 Å². The van der Waals surface area contributed by atoms with Crippen molar-refractivity contribution in [1.29, 1.82) is 0 Å². The van der Waals surface area contributed by atoms with Crippen LogP contribution >= 0.6 is 11.6 Å². The maximum absolute atomic E-state index is 10.7. The van der Waals surface area contributed by atoms with Crippen LogP contribution in [0.2, 0.25) is 5.02 Å². The summed E-state index contributed by atoms with van der Waals surface area (Å²) in [5.41, 5.74) is 1.57. The Balaban J connectivity index is 2.62. The molecule has 0 saturated carbocycles. The fraction of sp³-hybridized carbons (Fsp3) is 0.500. The second-order valence-corrected chi connectivity index (χ2v) is 4.26. The monoisotopic (exact) mass is 272 g/mol. The first-order valence-electron chi connectivity index (χ1n) is 5.82. The van der Waals surface area contributed by atoms with Crippen LogP contribution in [0.5, 0.6) is 0 Å². The molecular formula is C12H17ClN2O3. The highest BCUT2D eigenvalue weighted by molar-refractivity contribution is 6.33. The van der Waals surface area contributed by atoms with Crippen LogP contribution in [0.25, 0.3) is 0 Å². The summed E-state index contributed by atoms with van der Waals surface area (Å²) >= 11 is 5.85. The number of anilines is 1. The second kappa shape index (κ2) is 7.18. The maximum atomic E-state index is 10.7. The van der Waals surface area contributed by atoms with Crippen LogP contribution in [0.15, 0.2) is 12.1 Å². The number of hydrogen-bond donors (Lipinski definition) is 1. The van der Waals surface area contributed by atoms with Crippen molar-refractivity contribution in [3.8, 4) is 0 Å². The molecule has 0 spiro atoms. The smallest absolute Gasteiger partial charge is 0.288 e. The molecule has 100 valence electrons. The lowest BCUT2D eigenvalue weighted by atomic mass is 10.1. The third kappa shape index (κ3) is 4.16. The van der Waals surface area contributed by atoms with Crippen LogP contribution in [0.4, 0.5) is 11.4 Å². The first-order valence-corrected chi connectivity index (χ1v) is 6.20. The predicted octanol–water partition coefficient (Wildman–Crippen LogP) is 3.40. The van der Waals surface area contributed by atoms with E-state index in [9.17, 15) is 10.1 Å². The molecular weight excluding hydrogens is 256 g/mol. The number of nitro groups is 1. The van der Waals surface area contributed by atoms with E-state index in [0.717, 1.165) is 24.2 Å². The number of rotatable bonds is 7. The van der Waals surface area contributed by atoms with Crippen molar-refractivity contribution in [3.05, 3.63) is 32.8 Å². The molecule has 0 unspecified atom stereocenters. The summed E-state index contributed by atoms with van der Waals surface area (Å²) in [5.74, 6) is 0. The molecule has 0 bridgehead atoms. The van der Waals surface area contributed by atoms with E-state index in [-0.39, 0.29) is 10.7 Å². The summed E-state index contributed by atoms with van der Waals surface area (Å²) in [6, 6.07) is 3.07. The van der Waals surface area contributed by atoms with Crippen LogP contribution in [0, 0.1) is 17.0 Å². The van der Waals surface area contributed by atoms with E-state index >= 15 is 0 Å². The van der Waals surface area contributed by atoms with Crippen molar-refractivity contribution in [3.63, 3.8) is 0 Å². The molecule has 0 saturated heterocycles. The molecule has 1 rings (SSSR count). The van der Waals surface area contributed by atoms with Crippen LogP contribution in [0.1, 0.15) is 18.9 Å². The molecule has 18 heavy (non-hydrogen) atoms. The highest BCUT2D eigenvalue weighted by Gasteiger charge is 2.14. The van der Waals surface area contributed by atoms with Gasteiger partial charge in [0.2, 0.25) is 0 Å². The number of nitro benzene ring substituents is 1. The fourth-order valence-corrected chi connectivity index (χ4v) is 1.77. The number of nitrogens with one attached hydrogen (secondary N) is 1. The number of aryl methyl sites for hydroxylation is 1. The highest BCUT2D eigenvalue weighted by Crippen LogP contribution is 2.30. The van der Waals surface area contributed by atoms with Gasteiger partial charge in [0.05, 0.1) is 4.92 Å². The Hall–Kier alpha value is -1.33. The van der Waals surface area contributed by atoms with Crippen LogP contribution in [-0.2, 0) is 4.74 Å². The highest BCUT2D eigenvalue weighted by atomic mass is 35.5. The van der Waals surface area contributed by atoms with Gasteiger partial charge in [-0.25, -0.2) is 0 Å². The number of nitrogens with zero attached hydrogens (tertiary/aromatic N) is 1. The van der Waals surface area contributed by atoms with Gasteiger partial charge < -0.3 is 10.1 Å².